The standard InChI is InChI=1S/C74H144O17P2/c1-6-9-12-15-18-21-24-27-28-29-30-31-34-39-45-50-55-60-74(79)91-70(64-85-72(77)58-53-48-43-40-35-36-41-46-51-56-67(4)5)66-89-93(82,83)87-62-68(75)61-86-92(80,81)88-65-69(90-73(78)59-54-49-44-38-33-26-23-20-17-14-11-8-3)63-84-71(76)57-52-47-42-37-32-25-22-19-16-13-10-7-2/h67-70,75H,6-66H2,1-5H3,(H,80,81)(H,82,83)/t68-,69+,70+/m0/s1. The number of carbonyl (C=O) groups is 4. The highest BCUT2D eigenvalue weighted by molar-refractivity contribution is 7.47. The Balaban J connectivity index is 5.24. The van der Waals surface area contributed by atoms with E-state index in [1.165, 1.54) is 212 Å². The van der Waals surface area contributed by atoms with E-state index in [4.69, 9.17) is 37.0 Å². The Morgan fingerprint density at radius 3 is 0.731 bits per heavy atom. The second-order valence-corrected chi connectivity index (χ2v) is 30.1. The van der Waals surface area contributed by atoms with E-state index in [0.29, 0.717) is 25.7 Å². The van der Waals surface area contributed by atoms with Crippen molar-refractivity contribution in [1.82, 2.24) is 0 Å². The van der Waals surface area contributed by atoms with Gasteiger partial charge in [-0.3, -0.25) is 37.3 Å². The number of esters is 4. The maximum absolute atomic E-state index is 13.1. The van der Waals surface area contributed by atoms with Crippen molar-refractivity contribution in [2.75, 3.05) is 39.6 Å². The van der Waals surface area contributed by atoms with Crippen LogP contribution in [0.2, 0.25) is 0 Å². The van der Waals surface area contributed by atoms with Crippen LogP contribution in [0.4, 0.5) is 0 Å². The monoisotopic (exact) mass is 1370 g/mol. The first-order valence-electron chi connectivity index (χ1n) is 38.6. The smallest absolute Gasteiger partial charge is 0.462 e. The summed E-state index contributed by atoms with van der Waals surface area (Å²) < 4.78 is 68.5. The SMILES string of the molecule is CCCCCCCCCCCCCCCCCCCC(=O)O[C@H](COC(=O)CCCCCCCCCCCC(C)C)COP(=O)(O)OC[C@@H](O)COP(=O)(O)OC[C@@H](COC(=O)CCCCCCCCCCCCCC)OC(=O)CCCCCCCCCCCCCC. The van der Waals surface area contributed by atoms with Crippen molar-refractivity contribution in [3.8, 4) is 0 Å². The molecule has 552 valence electrons. The zero-order chi connectivity index (χ0) is 68.4. The zero-order valence-electron chi connectivity index (χ0n) is 60.4. The van der Waals surface area contributed by atoms with E-state index >= 15 is 0 Å². The zero-order valence-corrected chi connectivity index (χ0v) is 62.2. The maximum atomic E-state index is 13.1. The van der Waals surface area contributed by atoms with Gasteiger partial charge in [0.25, 0.3) is 0 Å². The first kappa shape index (κ1) is 91.1. The predicted octanol–water partition coefficient (Wildman–Crippen LogP) is 21.7. The largest absolute Gasteiger partial charge is 0.472 e. The molecule has 0 saturated heterocycles. The lowest BCUT2D eigenvalue weighted by atomic mass is 10.0. The van der Waals surface area contributed by atoms with Crippen LogP contribution in [0.3, 0.4) is 0 Å². The van der Waals surface area contributed by atoms with Gasteiger partial charge in [0.2, 0.25) is 0 Å². The van der Waals surface area contributed by atoms with Crippen molar-refractivity contribution in [3.05, 3.63) is 0 Å². The maximum Gasteiger partial charge on any atom is 0.472 e. The van der Waals surface area contributed by atoms with Gasteiger partial charge in [0.05, 0.1) is 26.4 Å². The number of aliphatic hydroxyl groups excluding tert-OH is 1. The molecule has 17 nitrogen and oxygen atoms in total. The van der Waals surface area contributed by atoms with Crippen LogP contribution in [-0.2, 0) is 65.4 Å². The first-order valence-corrected chi connectivity index (χ1v) is 41.6. The summed E-state index contributed by atoms with van der Waals surface area (Å²) in [4.78, 5) is 72.7. The Labute approximate surface area is 568 Å². The minimum absolute atomic E-state index is 0.108. The number of unbranched alkanes of at least 4 members (excludes halogenated alkanes) is 46. The number of ether oxygens (including phenoxy) is 4. The highest BCUT2D eigenvalue weighted by atomic mass is 31.2. The molecule has 0 aliphatic heterocycles. The fourth-order valence-corrected chi connectivity index (χ4v) is 12.9. The van der Waals surface area contributed by atoms with Crippen molar-refractivity contribution >= 4 is 39.5 Å². The number of hydrogen-bond donors (Lipinski definition) is 3. The van der Waals surface area contributed by atoms with Crippen LogP contribution in [0.5, 0.6) is 0 Å². The Morgan fingerprint density at radius 1 is 0.290 bits per heavy atom. The third-order valence-corrected chi connectivity index (χ3v) is 19.2. The summed E-state index contributed by atoms with van der Waals surface area (Å²) in [5, 5.41) is 10.6. The summed E-state index contributed by atoms with van der Waals surface area (Å²) in [5.41, 5.74) is 0. The van der Waals surface area contributed by atoms with Crippen LogP contribution in [0.1, 0.15) is 388 Å². The van der Waals surface area contributed by atoms with Gasteiger partial charge in [-0.15, -0.1) is 0 Å². The highest BCUT2D eigenvalue weighted by Crippen LogP contribution is 2.45. The molecule has 93 heavy (non-hydrogen) atoms. The van der Waals surface area contributed by atoms with Gasteiger partial charge in [0.15, 0.2) is 12.2 Å². The molecule has 0 aliphatic carbocycles. The second kappa shape index (κ2) is 67.3. The molecule has 5 atom stereocenters. The summed E-state index contributed by atoms with van der Waals surface area (Å²) in [6.45, 7) is 7.27. The van der Waals surface area contributed by atoms with E-state index in [0.717, 1.165) is 95.8 Å². The molecule has 0 bridgehead atoms. The van der Waals surface area contributed by atoms with E-state index in [2.05, 4.69) is 34.6 Å². The third-order valence-electron chi connectivity index (χ3n) is 17.3. The molecule has 0 aliphatic rings. The van der Waals surface area contributed by atoms with Gasteiger partial charge in [-0.1, -0.05) is 336 Å². The summed E-state index contributed by atoms with van der Waals surface area (Å²) in [6, 6.07) is 0. The van der Waals surface area contributed by atoms with Crippen LogP contribution in [0.25, 0.3) is 0 Å². The van der Waals surface area contributed by atoms with Crippen LogP contribution in [0, 0.1) is 5.92 Å². The number of hydrogen-bond acceptors (Lipinski definition) is 15. The van der Waals surface area contributed by atoms with E-state index in [-0.39, 0.29) is 25.7 Å². The number of phosphoric acid groups is 2. The van der Waals surface area contributed by atoms with Crippen molar-refractivity contribution in [1.29, 1.82) is 0 Å². The Bertz CT molecular complexity index is 1790. The quantitative estimate of drug-likeness (QED) is 0.0222. The van der Waals surface area contributed by atoms with E-state index in [9.17, 15) is 43.2 Å². The minimum atomic E-state index is -4.95. The summed E-state index contributed by atoms with van der Waals surface area (Å²) >= 11 is 0. The van der Waals surface area contributed by atoms with Gasteiger partial charge in [0.1, 0.15) is 19.3 Å². The second-order valence-electron chi connectivity index (χ2n) is 27.2. The first-order chi connectivity index (χ1) is 45.0. The van der Waals surface area contributed by atoms with Gasteiger partial charge >= 0.3 is 39.5 Å². The topological polar surface area (TPSA) is 237 Å². The molecular formula is C74H144O17P2. The molecule has 0 saturated carbocycles. The average Bonchev–Trinajstić information content (AvgIpc) is 2.88. The molecule has 0 spiro atoms. The van der Waals surface area contributed by atoms with E-state index < -0.39 is 97.5 Å². The van der Waals surface area contributed by atoms with Crippen molar-refractivity contribution < 1.29 is 80.2 Å². The Morgan fingerprint density at radius 2 is 0.495 bits per heavy atom. The van der Waals surface area contributed by atoms with Gasteiger partial charge in [-0.2, -0.15) is 0 Å². The molecule has 0 fully saturated rings. The fraction of sp³-hybridized carbons (Fsp3) is 0.946. The van der Waals surface area contributed by atoms with Crippen LogP contribution in [0.15, 0.2) is 0 Å². The van der Waals surface area contributed by atoms with Crippen molar-refractivity contribution in [2.45, 2.75) is 406 Å². The van der Waals surface area contributed by atoms with E-state index in [1.807, 2.05) is 0 Å². The fourth-order valence-electron chi connectivity index (χ4n) is 11.4. The molecule has 0 aromatic heterocycles. The lowest BCUT2D eigenvalue weighted by Gasteiger charge is -2.21. The molecule has 0 aromatic carbocycles. The molecule has 0 radical (unpaired) electrons. The summed E-state index contributed by atoms with van der Waals surface area (Å²) in [6.07, 6.45) is 55.3. The lowest BCUT2D eigenvalue weighted by Crippen LogP contribution is -2.30. The van der Waals surface area contributed by atoms with Crippen LogP contribution < -0.4 is 0 Å². The van der Waals surface area contributed by atoms with Gasteiger partial charge < -0.3 is 33.8 Å². The predicted molar refractivity (Wildman–Crippen MR) is 377 cm³/mol. The summed E-state index contributed by atoms with van der Waals surface area (Å²) in [5.74, 6) is -1.37. The minimum Gasteiger partial charge on any atom is -0.462 e. The van der Waals surface area contributed by atoms with Gasteiger partial charge in [0, 0.05) is 25.7 Å². The Hall–Kier alpha value is -1.94. The molecule has 0 amide bonds. The number of phosphoric ester groups is 2. The lowest BCUT2D eigenvalue weighted by molar-refractivity contribution is -0.161. The molecule has 0 aromatic rings. The molecule has 19 heteroatoms. The third kappa shape index (κ3) is 68.4. The average molecular weight is 1370 g/mol. The number of carbonyl (C=O) groups excluding carboxylic acids is 4. The van der Waals surface area contributed by atoms with Crippen molar-refractivity contribution in [2.24, 2.45) is 5.92 Å². The van der Waals surface area contributed by atoms with Crippen LogP contribution >= 0.6 is 15.6 Å². The molecular weight excluding hydrogens is 1220 g/mol. The van der Waals surface area contributed by atoms with E-state index in [1.54, 1.807) is 0 Å². The van der Waals surface area contributed by atoms with Gasteiger partial charge in [-0.05, 0) is 31.6 Å². The molecule has 2 unspecified atom stereocenters. The number of aliphatic hydroxyl groups is 1. The normalized spacial score (nSPS) is 14.0. The molecule has 3 N–H and O–H groups in total. The van der Waals surface area contributed by atoms with Gasteiger partial charge in [-0.25, -0.2) is 9.13 Å². The molecule has 0 heterocycles. The highest BCUT2D eigenvalue weighted by Gasteiger charge is 2.30. The van der Waals surface area contributed by atoms with Crippen molar-refractivity contribution in [3.63, 3.8) is 0 Å². The number of rotatable bonds is 74. The summed E-state index contributed by atoms with van der Waals surface area (Å²) in [7, 11) is -9.91. The Kier molecular flexibility index (Phi) is 65.9. The molecule has 0 rings (SSSR count). The van der Waals surface area contributed by atoms with Crippen LogP contribution in [-0.4, -0.2) is 96.7 Å².